The van der Waals surface area contributed by atoms with Crippen molar-refractivity contribution in [1.29, 1.82) is 0 Å². The van der Waals surface area contributed by atoms with Crippen molar-refractivity contribution in [1.82, 2.24) is 4.90 Å². The van der Waals surface area contributed by atoms with Crippen LogP contribution in [0.15, 0.2) is 18.2 Å². The van der Waals surface area contributed by atoms with Crippen LogP contribution < -0.4 is 10.1 Å². The van der Waals surface area contributed by atoms with Gasteiger partial charge in [0.1, 0.15) is 5.75 Å². The molecule has 0 heterocycles. The van der Waals surface area contributed by atoms with Gasteiger partial charge in [-0.1, -0.05) is 18.0 Å². The van der Waals surface area contributed by atoms with Gasteiger partial charge >= 0.3 is 0 Å². The Morgan fingerprint density at radius 1 is 1.52 bits per heavy atom. The molecule has 1 fully saturated rings. The van der Waals surface area contributed by atoms with Crippen molar-refractivity contribution in [2.24, 2.45) is 0 Å². The third-order valence-corrected chi connectivity index (χ3v) is 4.06. The fourth-order valence-corrected chi connectivity index (χ4v) is 2.66. The van der Waals surface area contributed by atoms with E-state index in [9.17, 15) is 4.79 Å². The SMILES string of the molecule is COc1ccc(NC(=O)CN(CCO)C2CCC2)cc1Cl. The highest BCUT2D eigenvalue weighted by Gasteiger charge is 2.26. The van der Waals surface area contributed by atoms with E-state index in [1.54, 1.807) is 25.3 Å². The number of methoxy groups -OCH3 is 1. The number of rotatable bonds is 7. The van der Waals surface area contributed by atoms with E-state index < -0.39 is 0 Å². The van der Waals surface area contributed by atoms with E-state index in [1.807, 2.05) is 4.90 Å². The number of amides is 1. The van der Waals surface area contributed by atoms with Gasteiger partial charge in [0.2, 0.25) is 5.91 Å². The van der Waals surface area contributed by atoms with Gasteiger partial charge in [-0.25, -0.2) is 0 Å². The number of aliphatic hydroxyl groups is 1. The number of nitrogens with one attached hydrogen (secondary N) is 1. The van der Waals surface area contributed by atoms with Gasteiger partial charge in [-0.05, 0) is 31.0 Å². The van der Waals surface area contributed by atoms with Crippen molar-refractivity contribution in [3.05, 3.63) is 23.2 Å². The fourth-order valence-electron chi connectivity index (χ4n) is 2.40. The summed E-state index contributed by atoms with van der Waals surface area (Å²) in [6, 6.07) is 5.55. The maximum atomic E-state index is 12.1. The van der Waals surface area contributed by atoms with Crippen LogP contribution in [0.3, 0.4) is 0 Å². The minimum absolute atomic E-state index is 0.0676. The highest BCUT2D eigenvalue weighted by Crippen LogP contribution is 2.27. The number of halogens is 1. The standard InChI is InChI=1S/C15H21ClN2O3/c1-21-14-6-5-11(9-13(14)16)17-15(20)10-18(7-8-19)12-3-2-4-12/h5-6,9,12,19H,2-4,7-8,10H2,1H3,(H,17,20). The molecule has 21 heavy (non-hydrogen) atoms. The Morgan fingerprint density at radius 3 is 2.81 bits per heavy atom. The molecule has 0 aliphatic heterocycles. The van der Waals surface area contributed by atoms with Crippen LogP contribution in [0.1, 0.15) is 19.3 Å². The van der Waals surface area contributed by atoms with Crippen molar-refractivity contribution in [3.8, 4) is 5.75 Å². The summed E-state index contributed by atoms with van der Waals surface area (Å²) < 4.78 is 5.07. The van der Waals surface area contributed by atoms with E-state index in [4.69, 9.17) is 21.4 Å². The molecule has 0 atom stereocenters. The molecule has 1 aromatic carbocycles. The molecule has 1 aliphatic rings. The number of carbonyl (C=O) groups excluding carboxylic acids is 1. The van der Waals surface area contributed by atoms with Crippen LogP contribution in [-0.4, -0.2) is 48.8 Å². The summed E-state index contributed by atoms with van der Waals surface area (Å²) in [5, 5.41) is 12.4. The number of hydrogen-bond donors (Lipinski definition) is 2. The van der Waals surface area contributed by atoms with E-state index in [2.05, 4.69) is 5.32 Å². The average Bonchev–Trinajstić information content (AvgIpc) is 2.37. The van der Waals surface area contributed by atoms with E-state index in [1.165, 1.54) is 6.42 Å². The first-order valence-corrected chi connectivity index (χ1v) is 7.50. The summed E-state index contributed by atoms with van der Waals surface area (Å²) in [6.07, 6.45) is 3.39. The molecule has 1 aromatic rings. The second-order valence-electron chi connectivity index (χ2n) is 5.18. The Bertz CT molecular complexity index is 492. The lowest BCUT2D eigenvalue weighted by molar-refractivity contribution is -0.118. The molecule has 1 saturated carbocycles. The number of benzene rings is 1. The molecule has 0 radical (unpaired) electrons. The molecule has 0 spiro atoms. The lowest BCUT2D eigenvalue weighted by Gasteiger charge is -2.36. The maximum absolute atomic E-state index is 12.1. The predicted molar refractivity (Wildman–Crippen MR) is 82.9 cm³/mol. The molecule has 2 rings (SSSR count). The Balaban J connectivity index is 1.92. The van der Waals surface area contributed by atoms with E-state index in [0.29, 0.717) is 29.0 Å². The normalized spacial score (nSPS) is 14.9. The summed E-state index contributed by atoms with van der Waals surface area (Å²) in [6.45, 7) is 0.883. The Labute approximate surface area is 129 Å². The topological polar surface area (TPSA) is 61.8 Å². The summed E-state index contributed by atoms with van der Waals surface area (Å²) in [5.74, 6) is 0.475. The van der Waals surface area contributed by atoms with Crippen LogP contribution in [0.2, 0.25) is 5.02 Å². The predicted octanol–water partition coefficient (Wildman–Crippen LogP) is 2.13. The molecule has 5 nitrogen and oxygen atoms in total. The average molecular weight is 313 g/mol. The summed E-state index contributed by atoms with van der Waals surface area (Å²) in [7, 11) is 1.55. The van der Waals surface area contributed by atoms with Crippen LogP contribution in [0.4, 0.5) is 5.69 Å². The number of anilines is 1. The fraction of sp³-hybridized carbons (Fsp3) is 0.533. The van der Waals surface area contributed by atoms with Crippen LogP contribution in [0, 0.1) is 0 Å². The highest BCUT2D eigenvalue weighted by atomic mass is 35.5. The lowest BCUT2D eigenvalue weighted by atomic mass is 9.91. The van der Waals surface area contributed by atoms with Gasteiger partial charge in [-0.3, -0.25) is 9.69 Å². The summed E-state index contributed by atoms with van der Waals surface area (Å²) in [4.78, 5) is 14.1. The van der Waals surface area contributed by atoms with Crippen LogP contribution >= 0.6 is 11.6 Å². The summed E-state index contributed by atoms with van der Waals surface area (Å²) >= 11 is 6.03. The van der Waals surface area contributed by atoms with E-state index in [-0.39, 0.29) is 19.1 Å². The number of aliphatic hydroxyl groups excluding tert-OH is 1. The second-order valence-corrected chi connectivity index (χ2v) is 5.58. The van der Waals surface area contributed by atoms with Gasteiger partial charge in [0.15, 0.2) is 0 Å². The van der Waals surface area contributed by atoms with Gasteiger partial charge in [-0.15, -0.1) is 0 Å². The number of nitrogens with zero attached hydrogens (tertiary/aromatic N) is 1. The highest BCUT2D eigenvalue weighted by molar-refractivity contribution is 6.32. The Hall–Kier alpha value is -1.30. The van der Waals surface area contributed by atoms with Crippen molar-refractivity contribution in [3.63, 3.8) is 0 Å². The smallest absolute Gasteiger partial charge is 0.238 e. The molecule has 0 aromatic heterocycles. The van der Waals surface area contributed by atoms with E-state index in [0.717, 1.165) is 12.8 Å². The number of carbonyl (C=O) groups is 1. The molecular weight excluding hydrogens is 292 g/mol. The number of ether oxygens (including phenoxy) is 1. The van der Waals surface area contributed by atoms with Gasteiger partial charge in [0.05, 0.1) is 25.3 Å². The van der Waals surface area contributed by atoms with Gasteiger partial charge < -0.3 is 15.2 Å². The second kappa shape index (κ2) is 7.64. The zero-order valence-corrected chi connectivity index (χ0v) is 12.9. The molecule has 0 saturated heterocycles. The molecule has 0 bridgehead atoms. The molecule has 2 N–H and O–H groups in total. The Kier molecular flexibility index (Phi) is 5.85. The lowest BCUT2D eigenvalue weighted by Crippen LogP contribution is -2.45. The van der Waals surface area contributed by atoms with Crippen molar-refractivity contribution < 1.29 is 14.6 Å². The molecule has 0 unspecified atom stereocenters. The number of hydrogen-bond acceptors (Lipinski definition) is 4. The monoisotopic (exact) mass is 312 g/mol. The van der Waals surface area contributed by atoms with E-state index >= 15 is 0 Å². The van der Waals surface area contributed by atoms with Gasteiger partial charge in [0, 0.05) is 18.3 Å². The minimum atomic E-state index is -0.100. The summed E-state index contributed by atoms with van der Waals surface area (Å²) in [5.41, 5.74) is 0.642. The zero-order chi connectivity index (χ0) is 15.2. The minimum Gasteiger partial charge on any atom is -0.495 e. The molecule has 1 amide bonds. The van der Waals surface area contributed by atoms with Crippen molar-refractivity contribution >= 4 is 23.2 Å². The maximum Gasteiger partial charge on any atom is 0.238 e. The molecule has 6 heteroatoms. The van der Waals surface area contributed by atoms with Crippen molar-refractivity contribution in [2.45, 2.75) is 25.3 Å². The van der Waals surface area contributed by atoms with Crippen LogP contribution in [0.5, 0.6) is 5.75 Å². The van der Waals surface area contributed by atoms with Gasteiger partial charge in [0.25, 0.3) is 0 Å². The largest absolute Gasteiger partial charge is 0.495 e. The first-order chi connectivity index (χ1) is 10.1. The quantitative estimate of drug-likeness (QED) is 0.810. The van der Waals surface area contributed by atoms with Crippen LogP contribution in [0.25, 0.3) is 0 Å². The molecular formula is C15H21ClN2O3. The molecule has 1 aliphatic carbocycles. The van der Waals surface area contributed by atoms with Crippen molar-refractivity contribution in [2.75, 3.05) is 32.1 Å². The molecule has 116 valence electrons. The zero-order valence-electron chi connectivity index (χ0n) is 12.1. The first kappa shape index (κ1) is 16.1. The first-order valence-electron chi connectivity index (χ1n) is 7.12. The third kappa shape index (κ3) is 4.33. The van der Waals surface area contributed by atoms with Gasteiger partial charge in [-0.2, -0.15) is 0 Å². The van der Waals surface area contributed by atoms with Crippen LogP contribution in [-0.2, 0) is 4.79 Å². The third-order valence-electron chi connectivity index (χ3n) is 3.76. The Morgan fingerprint density at radius 2 is 2.29 bits per heavy atom.